The summed E-state index contributed by atoms with van der Waals surface area (Å²) < 4.78 is 39.6. The van der Waals surface area contributed by atoms with Crippen LogP contribution in [0.15, 0.2) is 29.3 Å². The standard InChI is InChI=1S/C15H17F3N2O2/c16-15(17,18)14(19-12-7-2-1-3-8-12)10-11-6-4-5-9-13(11)20(21)22/h4-6,9,12H,1-3,7-8,10H2. The summed E-state index contributed by atoms with van der Waals surface area (Å²) in [6.07, 6.45) is -1.04. The van der Waals surface area contributed by atoms with Gasteiger partial charge in [-0.2, -0.15) is 13.2 Å². The minimum atomic E-state index is -4.57. The van der Waals surface area contributed by atoms with Gasteiger partial charge in [-0.25, -0.2) is 0 Å². The maximum Gasteiger partial charge on any atom is 0.429 e. The van der Waals surface area contributed by atoms with E-state index in [0.717, 1.165) is 19.3 Å². The first-order valence-corrected chi connectivity index (χ1v) is 7.24. The summed E-state index contributed by atoms with van der Waals surface area (Å²) in [7, 11) is 0. The third-order valence-electron chi connectivity index (χ3n) is 3.79. The van der Waals surface area contributed by atoms with Crippen LogP contribution in [0.25, 0.3) is 0 Å². The highest BCUT2D eigenvalue weighted by molar-refractivity contribution is 5.92. The molecule has 0 saturated heterocycles. The molecule has 0 heterocycles. The predicted octanol–water partition coefficient (Wildman–Crippen LogP) is 4.47. The van der Waals surface area contributed by atoms with E-state index in [2.05, 4.69) is 4.99 Å². The smallest absolute Gasteiger partial charge is 0.281 e. The fraction of sp³-hybridized carbons (Fsp3) is 0.533. The van der Waals surface area contributed by atoms with Crippen molar-refractivity contribution in [3.05, 3.63) is 39.9 Å². The summed E-state index contributed by atoms with van der Waals surface area (Å²) in [6.45, 7) is 0. The molecule has 0 bridgehead atoms. The minimum Gasteiger partial charge on any atom is -0.281 e. The van der Waals surface area contributed by atoms with Crippen LogP contribution in [-0.2, 0) is 6.42 Å². The monoisotopic (exact) mass is 314 g/mol. The number of hydrogen-bond acceptors (Lipinski definition) is 3. The van der Waals surface area contributed by atoms with Crippen LogP contribution in [0.2, 0.25) is 0 Å². The lowest BCUT2D eigenvalue weighted by Gasteiger charge is -2.20. The normalized spacial score (nSPS) is 17.5. The van der Waals surface area contributed by atoms with Crippen molar-refractivity contribution in [3.8, 4) is 0 Å². The fourth-order valence-electron chi connectivity index (χ4n) is 2.67. The molecule has 0 unspecified atom stereocenters. The third-order valence-corrected chi connectivity index (χ3v) is 3.79. The lowest BCUT2D eigenvalue weighted by molar-refractivity contribution is -0.385. The average Bonchev–Trinajstić information content (AvgIpc) is 2.47. The first-order chi connectivity index (χ1) is 10.4. The summed E-state index contributed by atoms with van der Waals surface area (Å²) in [6, 6.07) is 5.17. The molecule has 1 aliphatic carbocycles. The molecule has 0 atom stereocenters. The first-order valence-electron chi connectivity index (χ1n) is 7.24. The summed E-state index contributed by atoms with van der Waals surface area (Å²) in [5, 5.41) is 10.9. The van der Waals surface area contributed by atoms with Gasteiger partial charge in [0.1, 0.15) is 5.71 Å². The van der Waals surface area contributed by atoms with Gasteiger partial charge in [0.25, 0.3) is 5.69 Å². The van der Waals surface area contributed by atoms with E-state index in [9.17, 15) is 23.3 Å². The van der Waals surface area contributed by atoms with E-state index in [1.807, 2.05) is 0 Å². The molecule has 1 aromatic carbocycles. The van der Waals surface area contributed by atoms with Crippen LogP contribution < -0.4 is 0 Å². The molecule has 1 fully saturated rings. The summed E-state index contributed by atoms with van der Waals surface area (Å²) in [5.41, 5.74) is -1.18. The highest BCUT2D eigenvalue weighted by Crippen LogP contribution is 2.28. The molecule has 1 aromatic rings. The van der Waals surface area contributed by atoms with Gasteiger partial charge in [-0.05, 0) is 12.8 Å². The Morgan fingerprint density at radius 2 is 1.86 bits per heavy atom. The second kappa shape index (κ2) is 6.89. The van der Waals surface area contributed by atoms with E-state index in [-0.39, 0.29) is 17.3 Å². The number of alkyl halides is 3. The lowest BCUT2D eigenvalue weighted by Crippen LogP contribution is -2.28. The van der Waals surface area contributed by atoms with Crippen LogP contribution in [0, 0.1) is 10.1 Å². The van der Waals surface area contributed by atoms with Crippen molar-refractivity contribution < 1.29 is 18.1 Å². The van der Waals surface area contributed by atoms with Crippen molar-refractivity contribution in [2.24, 2.45) is 4.99 Å². The Morgan fingerprint density at radius 1 is 1.23 bits per heavy atom. The quantitative estimate of drug-likeness (QED) is 0.467. The van der Waals surface area contributed by atoms with Gasteiger partial charge in [0.15, 0.2) is 0 Å². The van der Waals surface area contributed by atoms with Crippen molar-refractivity contribution in [1.82, 2.24) is 0 Å². The second-order valence-electron chi connectivity index (χ2n) is 5.43. The summed E-state index contributed by atoms with van der Waals surface area (Å²) >= 11 is 0. The highest BCUT2D eigenvalue weighted by atomic mass is 19.4. The molecule has 7 heteroatoms. The number of nitro groups is 1. The Labute approximate surface area is 126 Å². The topological polar surface area (TPSA) is 55.5 Å². The Bertz CT molecular complexity index is 564. The second-order valence-corrected chi connectivity index (χ2v) is 5.43. The van der Waals surface area contributed by atoms with Crippen LogP contribution in [0.1, 0.15) is 37.7 Å². The number of hydrogen-bond donors (Lipinski definition) is 0. The van der Waals surface area contributed by atoms with E-state index in [4.69, 9.17) is 0 Å². The number of para-hydroxylation sites is 1. The van der Waals surface area contributed by atoms with Gasteiger partial charge in [0.05, 0.1) is 11.0 Å². The highest BCUT2D eigenvalue weighted by Gasteiger charge is 2.37. The van der Waals surface area contributed by atoms with Gasteiger partial charge in [-0.3, -0.25) is 15.1 Å². The van der Waals surface area contributed by atoms with Gasteiger partial charge in [-0.15, -0.1) is 0 Å². The van der Waals surface area contributed by atoms with Crippen LogP contribution in [0.3, 0.4) is 0 Å². The molecule has 1 saturated carbocycles. The fourth-order valence-corrected chi connectivity index (χ4v) is 2.67. The number of rotatable bonds is 4. The Morgan fingerprint density at radius 3 is 2.45 bits per heavy atom. The SMILES string of the molecule is O=[N+]([O-])c1ccccc1CC(=NC1CCCCC1)C(F)(F)F. The van der Waals surface area contributed by atoms with Crippen molar-refractivity contribution in [3.63, 3.8) is 0 Å². The molecule has 4 nitrogen and oxygen atoms in total. The number of nitrogens with zero attached hydrogens (tertiary/aromatic N) is 2. The molecule has 0 N–H and O–H groups in total. The third kappa shape index (κ3) is 4.29. The first kappa shape index (κ1) is 16.5. The molecular formula is C15H17F3N2O2. The van der Waals surface area contributed by atoms with Gasteiger partial charge >= 0.3 is 6.18 Å². The molecule has 0 amide bonds. The van der Waals surface area contributed by atoms with E-state index in [1.54, 1.807) is 0 Å². The molecule has 120 valence electrons. The van der Waals surface area contributed by atoms with Crippen LogP contribution in [-0.4, -0.2) is 22.9 Å². The summed E-state index contributed by atoms with van der Waals surface area (Å²) in [4.78, 5) is 14.1. The van der Waals surface area contributed by atoms with E-state index < -0.39 is 23.2 Å². The number of halogens is 3. The number of nitro benzene ring substituents is 1. The van der Waals surface area contributed by atoms with Crippen molar-refractivity contribution in [2.45, 2.75) is 50.7 Å². The number of benzene rings is 1. The molecule has 0 aliphatic heterocycles. The molecule has 1 aliphatic rings. The molecule has 22 heavy (non-hydrogen) atoms. The Balaban J connectivity index is 2.28. The molecular weight excluding hydrogens is 297 g/mol. The zero-order valence-corrected chi connectivity index (χ0v) is 12.0. The molecule has 0 radical (unpaired) electrons. The molecule has 0 aromatic heterocycles. The lowest BCUT2D eigenvalue weighted by atomic mass is 9.95. The van der Waals surface area contributed by atoms with Gasteiger partial charge in [0, 0.05) is 18.1 Å². The van der Waals surface area contributed by atoms with Crippen molar-refractivity contribution in [1.29, 1.82) is 0 Å². The van der Waals surface area contributed by atoms with Crippen LogP contribution in [0.4, 0.5) is 18.9 Å². The van der Waals surface area contributed by atoms with E-state index in [1.165, 1.54) is 24.3 Å². The van der Waals surface area contributed by atoms with E-state index >= 15 is 0 Å². The van der Waals surface area contributed by atoms with Crippen LogP contribution in [0.5, 0.6) is 0 Å². The van der Waals surface area contributed by atoms with Gasteiger partial charge < -0.3 is 0 Å². The van der Waals surface area contributed by atoms with Crippen molar-refractivity contribution >= 4 is 11.4 Å². The Kier molecular flexibility index (Phi) is 5.15. The molecule has 0 spiro atoms. The van der Waals surface area contributed by atoms with E-state index in [0.29, 0.717) is 12.8 Å². The zero-order chi connectivity index (χ0) is 16.2. The van der Waals surface area contributed by atoms with Crippen molar-refractivity contribution in [2.75, 3.05) is 0 Å². The minimum absolute atomic E-state index is 0.0411. The number of aliphatic imine (C=N–C) groups is 1. The van der Waals surface area contributed by atoms with Gasteiger partial charge in [-0.1, -0.05) is 37.5 Å². The largest absolute Gasteiger partial charge is 0.429 e. The predicted molar refractivity (Wildman–Crippen MR) is 77.2 cm³/mol. The summed E-state index contributed by atoms with van der Waals surface area (Å²) in [5.74, 6) is 0. The average molecular weight is 314 g/mol. The zero-order valence-electron chi connectivity index (χ0n) is 12.0. The van der Waals surface area contributed by atoms with Gasteiger partial charge in [0.2, 0.25) is 0 Å². The maximum atomic E-state index is 13.2. The Hall–Kier alpha value is -1.92. The molecule has 2 rings (SSSR count). The van der Waals surface area contributed by atoms with Crippen LogP contribution >= 0.6 is 0 Å². The maximum absolute atomic E-state index is 13.2.